The van der Waals surface area contributed by atoms with Gasteiger partial charge in [0.25, 0.3) is 0 Å². The fourth-order valence-electron chi connectivity index (χ4n) is 1.07. The molecule has 1 rings (SSSR count). The van der Waals surface area contributed by atoms with Gasteiger partial charge in [0.1, 0.15) is 0 Å². The summed E-state index contributed by atoms with van der Waals surface area (Å²) in [6, 6.07) is 9.40. The second kappa shape index (κ2) is 4.77. The van der Waals surface area contributed by atoms with Crippen LogP contribution in [0.1, 0.15) is 17.3 Å². The van der Waals surface area contributed by atoms with Crippen LogP contribution in [0.5, 0.6) is 0 Å². The Labute approximate surface area is 79.2 Å². The van der Waals surface area contributed by atoms with E-state index < -0.39 is 0 Å². The molecule has 0 aliphatic rings. The summed E-state index contributed by atoms with van der Waals surface area (Å²) in [5.41, 5.74) is 0.794. The summed E-state index contributed by atoms with van der Waals surface area (Å²) in [5, 5.41) is 0. The van der Waals surface area contributed by atoms with Crippen LogP contribution in [-0.4, -0.2) is 30.8 Å². The van der Waals surface area contributed by atoms with E-state index in [0.29, 0.717) is 6.54 Å². The minimum Gasteiger partial charge on any atom is -0.299 e. The fourth-order valence-corrected chi connectivity index (χ4v) is 1.07. The van der Waals surface area contributed by atoms with Crippen molar-refractivity contribution >= 4 is 5.78 Å². The monoisotopic (exact) mass is 177 g/mol. The Balaban J connectivity index is 2.59. The zero-order chi connectivity index (χ0) is 9.68. The van der Waals surface area contributed by atoms with E-state index in [9.17, 15) is 4.79 Å². The topological polar surface area (TPSA) is 20.3 Å². The van der Waals surface area contributed by atoms with Gasteiger partial charge in [-0.3, -0.25) is 9.69 Å². The molecule has 0 radical (unpaired) electrons. The second-order valence-electron chi connectivity index (χ2n) is 3.12. The number of ketones is 1. The van der Waals surface area contributed by atoms with Gasteiger partial charge in [-0.15, -0.1) is 0 Å². The van der Waals surface area contributed by atoms with E-state index in [4.69, 9.17) is 0 Å². The molecular formula is C11H15NO. The van der Waals surface area contributed by atoms with Gasteiger partial charge >= 0.3 is 0 Å². The van der Waals surface area contributed by atoms with Gasteiger partial charge in [0.15, 0.2) is 5.78 Å². The van der Waals surface area contributed by atoms with Crippen LogP contribution in [0.15, 0.2) is 30.3 Å². The summed E-state index contributed by atoms with van der Waals surface area (Å²) < 4.78 is 0. The fraction of sp³-hybridized carbons (Fsp3) is 0.364. The first-order valence-corrected chi connectivity index (χ1v) is 4.51. The summed E-state index contributed by atoms with van der Waals surface area (Å²) in [4.78, 5) is 13.6. The van der Waals surface area contributed by atoms with Crippen molar-refractivity contribution < 1.29 is 4.79 Å². The van der Waals surface area contributed by atoms with Gasteiger partial charge in [0.05, 0.1) is 6.54 Å². The second-order valence-corrected chi connectivity index (χ2v) is 3.12. The van der Waals surface area contributed by atoms with Crippen molar-refractivity contribution in [3.63, 3.8) is 0 Å². The van der Waals surface area contributed by atoms with Crippen LogP contribution < -0.4 is 0 Å². The Morgan fingerprint density at radius 3 is 2.46 bits per heavy atom. The number of Topliss-reactive ketones (excluding diaryl/α,β-unsaturated/α-hetero) is 1. The maximum atomic E-state index is 11.6. The Hall–Kier alpha value is -1.15. The molecule has 13 heavy (non-hydrogen) atoms. The molecule has 0 aromatic heterocycles. The number of benzene rings is 1. The third-order valence-electron chi connectivity index (χ3n) is 2.05. The van der Waals surface area contributed by atoms with E-state index in [-0.39, 0.29) is 5.78 Å². The molecule has 2 nitrogen and oxygen atoms in total. The molecule has 1 aromatic rings. The normalized spacial score (nSPS) is 10.4. The molecule has 0 saturated heterocycles. The third kappa shape index (κ3) is 2.99. The van der Waals surface area contributed by atoms with Gasteiger partial charge in [-0.05, 0) is 13.6 Å². The zero-order valence-electron chi connectivity index (χ0n) is 8.16. The van der Waals surface area contributed by atoms with Crippen LogP contribution in [0.2, 0.25) is 0 Å². The molecule has 0 atom stereocenters. The first-order chi connectivity index (χ1) is 6.24. The molecule has 0 aliphatic carbocycles. The lowest BCUT2D eigenvalue weighted by atomic mass is 10.1. The van der Waals surface area contributed by atoms with E-state index in [0.717, 1.165) is 12.1 Å². The number of carbonyl (C=O) groups is 1. The summed E-state index contributed by atoms with van der Waals surface area (Å²) in [5.74, 6) is 0.185. The molecule has 0 saturated carbocycles. The smallest absolute Gasteiger partial charge is 0.176 e. The Kier molecular flexibility index (Phi) is 3.65. The quantitative estimate of drug-likeness (QED) is 0.654. The Morgan fingerprint density at radius 1 is 1.31 bits per heavy atom. The predicted molar refractivity (Wildman–Crippen MR) is 53.9 cm³/mol. The van der Waals surface area contributed by atoms with Crippen LogP contribution in [0.25, 0.3) is 0 Å². The highest BCUT2D eigenvalue weighted by Crippen LogP contribution is 2.00. The van der Waals surface area contributed by atoms with Crippen molar-refractivity contribution in [1.82, 2.24) is 4.90 Å². The number of hydrogen-bond donors (Lipinski definition) is 0. The van der Waals surface area contributed by atoms with Gasteiger partial charge in [-0.2, -0.15) is 0 Å². The molecule has 0 amide bonds. The molecule has 0 N–H and O–H groups in total. The lowest BCUT2D eigenvalue weighted by Gasteiger charge is -2.11. The van der Waals surface area contributed by atoms with E-state index >= 15 is 0 Å². The van der Waals surface area contributed by atoms with Gasteiger partial charge in [-0.25, -0.2) is 0 Å². The summed E-state index contributed by atoms with van der Waals surface area (Å²) in [7, 11) is 1.95. The molecule has 0 bridgehead atoms. The van der Waals surface area contributed by atoms with E-state index in [1.54, 1.807) is 0 Å². The zero-order valence-corrected chi connectivity index (χ0v) is 8.16. The van der Waals surface area contributed by atoms with Gasteiger partial charge in [0, 0.05) is 5.56 Å². The highest BCUT2D eigenvalue weighted by atomic mass is 16.1. The number of likely N-dealkylation sites (N-methyl/N-ethyl adjacent to an activating group) is 1. The van der Waals surface area contributed by atoms with Crippen LogP contribution in [0, 0.1) is 0 Å². The minimum absolute atomic E-state index is 0.185. The first kappa shape index (κ1) is 9.93. The van der Waals surface area contributed by atoms with Crippen LogP contribution in [0.3, 0.4) is 0 Å². The molecular weight excluding hydrogens is 162 g/mol. The third-order valence-corrected chi connectivity index (χ3v) is 2.05. The number of rotatable bonds is 4. The van der Waals surface area contributed by atoms with Crippen molar-refractivity contribution in [3.8, 4) is 0 Å². The molecule has 0 spiro atoms. The summed E-state index contributed by atoms with van der Waals surface area (Å²) >= 11 is 0. The van der Waals surface area contributed by atoms with Gasteiger partial charge in [0.2, 0.25) is 0 Å². The van der Waals surface area contributed by atoms with Crippen molar-refractivity contribution in [2.75, 3.05) is 20.1 Å². The van der Waals surface area contributed by atoms with Gasteiger partial charge in [-0.1, -0.05) is 37.3 Å². The maximum absolute atomic E-state index is 11.6. The molecule has 0 fully saturated rings. The standard InChI is InChI=1S/C11H15NO/c1-3-12(2)9-11(13)10-7-5-4-6-8-10/h4-8H,3,9H2,1-2H3. The largest absolute Gasteiger partial charge is 0.299 e. The van der Waals surface area contributed by atoms with Crippen LogP contribution >= 0.6 is 0 Å². The SMILES string of the molecule is CCN(C)CC(=O)c1ccccc1. The molecule has 1 aromatic carbocycles. The van der Waals surface area contributed by atoms with Crippen LogP contribution in [-0.2, 0) is 0 Å². The van der Waals surface area contributed by atoms with E-state index in [2.05, 4.69) is 0 Å². The summed E-state index contributed by atoms with van der Waals surface area (Å²) in [6.07, 6.45) is 0. The summed E-state index contributed by atoms with van der Waals surface area (Å²) in [6.45, 7) is 3.44. The van der Waals surface area contributed by atoms with Crippen molar-refractivity contribution in [2.24, 2.45) is 0 Å². The molecule has 0 unspecified atom stereocenters. The van der Waals surface area contributed by atoms with Gasteiger partial charge < -0.3 is 0 Å². The van der Waals surface area contributed by atoms with E-state index in [1.807, 2.05) is 49.2 Å². The predicted octanol–water partition coefficient (Wildman–Crippen LogP) is 1.82. The van der Waals surface area contributed by atoms with Crippen molar-refractivity contribution in [2.45, 2.75) is 6.92 Å². The Bertz CT molecular complexity index is 269. The molecule has 2 heteroatoms. The van der Waals surface area contributed by atoms with Crippen molar-refractivity contribution in [1.29, 1.82) is 0 Å². The highest BCUT2D eigenvalue weighted by molar-refractivity contribution is 5.97. The minimum atomic E-state index is 0.185. The Morgan fingerprint density at radius 2 is 1.92 bits per heavy atom. The highest BCUT2D eigenvalue weighted by Gasteiger charge is 2.06. The van der Waals surface area contributed by atoms with Crippen LogP contribution in [0.4, 0.5) is 0 Å². The molecule has 70 valence electrons. The lowest BCUT2D eigenvalue weighted by molar-refractivity contribution is 0.0949. The molecule has 0 heterocycles. The first-order valence-electron chi connectivity index (χ1n) is 4.51. The number of nitrogens with zero attached hydrogens (tertiary/aromatic N) is 1. The lowest BCUT2D eigenvalue weighted by Crippen LogP contribution is -2.25. The molecule has 0 aliphatic heterocycles. The average Bonchev–Trinajstić information content (AvgIpc) is 2.19. The average molecular weight is 177 g/mol. The van der Waals surface area contributed by atoms with Crippen molar-refractivity contribution in [3.05, 3.63) is 35.9 Å². The number of carbonyl (C=O) groups excluding carboxylic acids is 1. The van der Waals surface area contributed by atoms with E-state index in [1.165, 1.54) is 0 Å². The maximum Gasteiger partial charge on any atom is 0.176 e. The number of hydrogen-bond acceptors (Lipinski definition) is 2.